The van der Waals surface area contributed by atoms with Crippen molar-refractivity contribution >= 4 is 22.8 Å². The zero-order chi connectivity index (χ0) is 18.8. The number of H-pyrrole nitrogens is 1. The van der Waals surface area contributed by atoms with E-state index in [0.717, 1.165) is 11.1 Å². The molecule has 0 unspecified atom stereocenters. The maximum Gasteiger partial charge on any atom is 0.387 e. The second-order valence-electron chi connectivity index (χ2n) is 5.70. The number of fused-ring (bicyclic) bond motifs is 1. The molecule has 6 nitrogen and oxygen atoms in total. The van der Waals surface area contributed by atoms with Gasteiger partial charge >= 0.3 is 6.61 Å². The van der Waals surface area contributed by atoms with Gasteiger partial charge in [0.2, 0.25) is 11.8 Å². The zero-order valence-corrected chi connectivity index (χ0v) is 15.0. The predicted octanol–water partition coefficient (Wildman–Crippen LogP) is 4.82. The molecule has 0 aliphatic heterocycles. The number of benzene rings is 2. The molecule has 0 amide bonds. The Bertz CT molecular complexity index is 1080. The molecular formula is C18H14F2N4O2S. The van der Waals surface area contributed by atoms with Crippen molar-refractivity contribution in [1.29, 1.82) is 0 Å². The number of thioether (sulfide) groups is 1. The fourth-order valence-electron chi connectivity index (χ4n) is 2.57. The number of ether oxygens (including phenoxy) is 1. The maximum atomic E-state index is 12.3. The van der Waals surface area contributed by atoms with E-state index in [9.17, 15) is 8.78 Å². The summed E-state index contributed by atoms with van der Waals surface area (Å²) in [4.78, 5) is 7.47. The summed E-state index contributed by atoms with van der Waals surface area (Å²) in [5.74, 6) is 1.46. The Labute approximate surface area is 157 Å². The van der Waals surface area contributed by atoms with Crippen LogP contribution in [0.4, 0.5) is 8.78 Å². The number of aromatic amines is 1. The first-order valence-electron chi connectivity index (χ1n) is 8.04. The SMILES string of the molecule is Cc1ccccc1-c1nnc(CSc2nc3ccc(OC(F)F)cc3[nH]2)o1. The van der Waals surface area contributed by atoms with Gasteiger partial charge in [0.05, 0.1) is 16.8 Å². The zero-order valence-electron chi connectivity index (χ0n) is 14.1. The van der Waals surface area contributed by atoms with Gasteiger partial charge in [-0.1, -0.05) is 30.0 Å². The molecule has 4 rings (SSSR count). The van der Waals surface area contributed by atoms with Gasteiger partial charge in [-0.25, -0.2) is 4.98 Å². The summed E-state index contributed by atoms with van der Waals surface area (Å²) in [6.07, 6.45) is 0. The van der Waals surface area contributed by atoms with Gasteiger partial charge in [0.15, 0.2) is 5.16 Å². The highest BCUT2D eigenvalue weighted by atomic mass is 32.2. The fraction of sp³-hybridized carbons (Fsp3) is 0.167. The first-order chi connectivity index (χ1) is 13.1. The lowest BCUT2D eigenvalue weighted by molar-refractivity contribution is -0.0497. The van der Waals surface area contributed by atoms with E-state index in [1.165, 1.54) is 23.9 Å². The van der Waals surface area contributed by atoms with Crippen molar-refractivity contribution in [2.45, 2.75) is 24.4 Å². The molecule has 0 saturated carbocycles. The topological polar surface area (TPSA) is 76.8 Å². The summed E-state index contributed by atoms with van der Waals surface area (Å²) >= 11 is 1.38. The Morgan fingerprint density at radius 1 is 1.19 bits per heavy atom. The normalized spacial score (nSPS) is 11.4. The molecule has 0 bridgehead atoms. The third-order valence-electron chi connectivity index (χ3n) is 3.83. The van der Waals surface area contributed by atoms with Crippen molar-refractivity contribution in [3.63, 3.8) is 0 Å². The lowest BCUT2D eigenvalue weighted by atomic mass is 10.1. The molecular weight excluding hydrogens is 374 g/mol. The lowest BCUT2D eigenvalue weighted by Crippen LogP contribution is -2.01. The number of halogens is 2. The molecule has 27 heavy (non-hydrogen) atoms. The molecule has 0 atom stereocenters. The van der Waals surface area contributed by atoms with E-state index in [0.29, 0.717) is 33.7 Å². The summed E-state index contributed by atoms with van der Waals surface area (Å²) in [7, 11) is 0. The van der Waals surface area contributed by atoms with Gasteiger partial charge in [-0.3, -0.25) is 0 Å². The standard InChI is InChI=1S/C18H14F2N4O2S/c1-10-4-2-3-5-12(10)16-24-23-15(26-16)9-27-18-21-13-7-6-11(25-17(19)20)8-14(13)22-18/h2-8,17H,9H2,1H3,(H,21,22). The smallest absolute Gasteiger partial charge is 0.387 e. The maximum absolute atomic E-state index is 12.3. The molecule has 0 saturated heterocycles. The number of hydrogen-bond acceptors (Lipinski definition) is 6. The van der Waals surface area contributed by atoms with Gasteiger partial charge in [-0.05, 0) is 30.7 Å². The molecule has 2 heterocycles. The highest BCUT2D eigenvalue weighted by molar-refractivity contribution is 7.98. The van der Waals surface area contributed by atoms with Crippen LogP contribution in [0.3, 0.4) is 0 Å². The summed E-state index contributed by atoms with van der Waals surface area (Å²) in [6, 6.07) is 12.3. The van der Waals surface area contributed by atoms with E-state index < -0.39 is 6.61 Å². The first-order valence-corrected chi connectivity index (χ1v) is 9.03. The average molecular weight is 388 g/mol. The van der Waals surface area contributed by atoms with E-state index in [1.54, 1.807) is 6.07 Å². The van der Waals surface area contributed by atoms with Crippen molar-refractivity contribution in [2.75, 3.05) is 0 Å². The van der Waals surface area contributed by atoms with E-state index in [-0.39, 0.29) is 5.75 Å². The van der Waals surface area contributed by atoms with Gasteiger partial charge in [0, 0.05) is 11.6 Å². The largest absolute Gasteiger partial charge is 0.435 e. The van der Waals surface area contributed by atoms with Crippen molar-refractivity contribution < 1.29 is 17.9 Å². The molecule has 0 radical (unpaired) electrons. The third-order valence-corrected chi connectivity index (χ3v) is 4.69. The Morgan fingerprint density at radius 3 is 2.85 bits per heavy atom. The van der Waals surface area contributed by atoms with Crippen LogP contribution in [-0.4, -0.2) is 26.8 Å². The lowest BCUT2D eigenvalue weighted by Gasteiger charge is -2.02. The molecule has 9 heteroatoms. The minimum Gasteiger partial charge on any atom is -0.435 e. The minimum absolute atomic E-state index is 0.0810. The van der Waals surface area contributed by atoms with Crippen molar-refractivity contribution in [3.8, 4) is 17.2 Å². The molecule has 0 fully saturated rings. The predicted molar refractivity (Wildman–Crippen MR) is 96.8 cm³/mol. The summed E-state index contributed by atoms with van der Waals surface area (Å²) in [5, 5.41) is 8.78. The summed E-state index contributed by atoms with van der Waals surface area (Å²) in [5.41, 5.74) is 3.23. The molecule has 2 aromatic heterocycles. The number of nitrogens with one attached hydrogen (secondary N) is 1. The van der Waals surface area contributed by atoms with Crippen molar-refractivity contribution in [3.05, 3.63) is 53.9 Å². The van der Waals surface area contributed by atoms with Crippen LogP contribution in [0.25, 0.3) is 22.5 Å². The third kappa shape index (κ3) is 3.92. The number of imidazole rings is 1. The molecule has 0 aliphatic carbocycles. The Kier molecular flexibility index (Phi) is 4.76. The molecule has 0 aliphatic rings. The fourth-order valence-corrected chi connectivity index (χ4v) is 3.30. The second-order valence-corrected chi connectivity index (χ2v) is 6.67. The molecule has 138 valence electrons. The van der Waals surface area contributed by atoms with Gasteiger partial charge in [-0.2, -0.15) is 8.78 Å². The van der Waals surface area contributed by atoms with Crippen LogP contribution in [0, 0.1) is 6.92 Å². The first kappa shape index (κ1) is 17.5. The number of hydrogen-bond donors (Lipinski definition) is 1. The number of nitrogens with zero attached hydrogens (tertiary/aromatic N) is 3. The quantitative estimate of drug-likeness (QED) is 0.478. The molecule has 1 N–H and O–H groups in total. The average Bonchev–Trinajstić information content (AvgIpc) is 3.26. The van der Waals surface area contributed by atoms with Crippen LogP contribution in [0.1, 0.15) is 11.5 Å². The minimum atomic E-state index is -2.86. The van der Waals surface area contributed by atoms with E-state index in [2.05, 4.69) is 24.9 Å². The molecule has 4 aromatic rings. The van der Waals surface area contributed by atoms with E-state index >= 15 is 0 Å². The van der Waals surface area contributed by atoms with Crippen molar-refractivity contribution in [2.24, 2.45) is 0 Å². The Morgan fingerprint density at radius 2 is 2.04 bits per heavy atom. The van der Waals surface area contributed by atoms with Crippen molar-refractivity contribution in [1.82, 2.24) is 20.2 Å². The van der Waals surface area contributed by atoms with Crippen LogP contribution in [0.5, 0.6) is 5.75 Å². The second kappa shape index (κ2) is 7.36. The highest BCUT2D eigenvalue weighted by Crippen LogP contribution is 2.27. The molecule has 2 aromatic carbocycles. The van der Waals surface area contributed by atoms with Gasteiger partial charge in [-0.15, -0.1) is 10.2 Å². The number of rotatable bonds is 6. The van der Waals surface area contributed by atoms with Crippen LogP contribution in [0.15, 0.2) is 52.0 Å². The van der Waals surface area contributed by atoms with Gasteiger partial charge in [0.25, 0.3) is 0 Å². The Hall–Kier alpha value is -2.94. The number of aromatic nitrogens is 4. The van der Waals surface area contributed by atoms with Gasteiger partial charge in [0.1, 0.15) is 5.75 Å². The Balaban J connectivity index is 1.47. The van der Waals surface area contributed by atoms with E-state index in [1.807, 2.05) is 31.2 Å². The number of aryl methyl sites for hydroxylation is 1. The van der Waals surface area contributed by atoms with Gasteiger partial charge < -0.3 is 14.1 Å². The van der Waals surface area contributed by atoms with Crippen LogP contribution in [-0.2, 0) is 5.75 Å². The van der Waals surface area contributed by atoms with Crippen LogP contribution < -0.4 is 4.74 Å². The monoisotopic (exact) mass is 388 g/mol. The number of alkyl halides is 2. The van der Waals surface area contributed by atoms with Crippen LogP contribution >= 0.6 is 11.8 Å². The highest BCUT2D eigenvalue weighted by Gasteiger charge is 2.12. The summed E-state index contributed by atoms with van der Waals surface area (Å²) in [6.45, 7) is -0.881. The molecule has 0 spiro atoms. The van der Waals surface area contributed by atoms with Crippen LogP contribution in [0.2, 0.25) is 0 Å². The van der Waals surface area contributed by atoms with E-state index in [4.69, 9.17) is 4.42 Å². The summed E-state index contributed by atoms with van der Waals surface area (Å²) < 4.78 is 34.7.